The van der Waals surface area contributed by atoms with Gasteiger partial charge in [-0.15, -0.1) is 0 Å². The average molecular weight is 236 g/mol. The molecular weight excluding hydrogens is 216 g/mol. The first kappa shape index (κ1) is 13.5. The Morgan fingerprint density at radius 2 is 2.18 bits per heavy atom. The van der Waals surface area contributed by atoms with Gasteiger partial charge in [-0.3, -0.25) is 4.79 Å². The molecule has 0 atom stereocenters. The molecule has 0 spiro atoms. The highest BCUT2D eigenvalue weighted by Gasteiger charge is 2.13. The van der Waals surface area contributed by atoms with Crippen molar-refractivity contribution < 1.29 is 9.53 Å². The van der Waals surface area contributed by atoms with Gasteiger partial charge in [0.2, 0.25) is 5.88 Å². The van der Waals surface area contributed by atoms with Crippen molar-refractivity contribution in [2.45, 2.75) is 26.7 Å². The Morgan fingerprint density at radius 3 is 2.65 bits per heavy atom. The highest BCUT2D eigenvalue weighted by Crippen LogP contribution is 2.09. The molecule has 0 aromatic carbocycles. The number of hydrogen-bond donors (Lipinski definition) is 0. The first-order chi connectivity index (χ1) is 8.22. The molecule has 0 aliphatic heterocycles. The summed E-state index contributed by atoms with van der Waals surface area (Å²) in [6.07, 6.45) is 3.68. The number of amides is 1. The molecule has 1 amide bonds. The van der Waals surface area contributed by atoms with E-state index < -0.39 is 0 Å². The fraction of sp³-hybridized carbons (Fsp3) is 0.538. The van der Waals surface area contributed by atoms with E-state index in [0.717, 1.165) is 25.9 Å². The zero-order valence-corrected chi connectivity index (χ0v) is 10.8. The normalized spacial score (nSPS) is 10.1. The maximum atomic E-state index is 12.1. The molecule has 0 saturated carbocycles. The smallest absolute Gasteiger partial charge is 0.255 e. The highest BCUT2D eigenvalue weighted by atomic mass is 16.5. The molecule has 1 rings (SSSR count). The number of hydrogen-bond acceptors (Lipinski definition) is 3. The van der Waals surface area contributed by atoms with E-state index in [2.05, 4.69) is 11.9 Å². The van der Waals surface area contributed by atoms with E-state index in [0.29, 0.717) is 11.4 Å². The Kier molecular flexibility index (Phi) is 5.46. The second-order valence-electron chi connectivity index (χ2n) is 3.83. The van der Waals surface area contributed by atoms with Crippen LogP contribution in [0.15, 0.2) is 18.3 Å². The molecule has 94 valence electrons. The van der Waals surface area contributed by atoms with Crippen molar-refractivity contribution in [3.05, 3.63) is 23.9 Å². The number of pyridine rings is 1. The van der Waals surface area contributed by atoms with Crippen LogP contribution >= 0.6 is 0 Å². The monoisotopic (exact) mass is 236 g/mol. The minimum atomic E-state index is 0.0381. The highest BCUT2D eigenvalue weighted by molar-refractivity contribution is 5.93. The summed E-state index contributed by atoms with van der Waals surface area (Å²) in [5, 5.41) is 0. The van der Waals surface area contributed by atoms with Crippen molar-refractivity contribution >= 4 is 5.91 Å². The molecule has 1 aromatic heterocycles. The van der Waals surface area contributed by atoms with Crippen LogP contribution in [-0.4, -0.2) is 36.0 Å². The summed E-state index contributed by atoms with van der Waals surface area (Å²) in [6, 6.07) is 3.46. The van der Waals surface area contributed by atoms with Gasteiger partial charge in [0.1, 0.15) is 0 Å². The Balaban J connectivity index is 2.71. The van der Waals surface area contributed by atoms with Gasteiger partial charge in [0.05, 0.1) is 12.7 Å². The van der Waals surface area contributed by atoms with Gasteiger partial charge >= 0.3 is 0 Å². The van der Waals surface area contributed by atoms with Crippen molar-refractivity contribution in [1.82, 2.24) is 9.88 Å². The van der Waals surface area contributed by atoms with Crippen LogP contribution in [0.5, 0.6) is 5.88 Å². The molecule has 17 heavy (non-hydrogen) atoms. The van der Waals surface area contributed by atoms with E-state index in [9.17, 15) is 4.79 Å². The fourth-order valence-corrected chi connectivity index (χ4v) is 1.56. The lowest BCUT2D eigenvalue weighted by atomic mass is 10.2. The van der Waals surface area contributed by atoms with Gasteiger partial charge < -0.3 is 9.64 Å². The van der Waals surface area contributed by atoms with Gasteiger partial charge in [-0.25, -0.2) is 4.98 Å². The zero-order chi connectivity index (χ0) is 12.7. The third kappa shape index (κ3) is 3.73. The van der Waals surface area contributed by atoms with Gasteiger partial charge in [0.15, 0.2) is 0 Å². The van der Waals surface area contributed by atoms with Crippen LogP contribution in [0.1, 0.15) is 37.0 Å². The molecule has 0 bridgehead atoms. The molecule has 4 nitrogen and oxygen atoms in total. The predicted octanol–water partition coefficient (Wildman–Crippen LogP) is 2.35. The second-order valence-corrected chi connectivity index (χ2v) is 3.83. The molecular formula is C13H20N2O2. The van der Waals surface area contributed by atoms with Crippen LogP contribution in [0.2, 0.25) is 0 Å². The van der Waals surface area contributed by atoms with Gasteiger partial charge in [-0.05, 0) is 19.4 Å². The van der Waals surface area contributed by atoms with Crippen molar-refractivity contribution in [3.8, 4) is 5.88 Å². The van der Waals surface area contributed by atoms with Crippen molar-refractivity contribution in [3.63, 3.8) is 0 Å². The molecule has 0 N–H and O–H groups in total. The number of carbonyl (C=O) groups excluding carboxylic acids is 1. The number of unbranched alkanes of at least 4 members (excludes halogenated alkanes) is 1. The van der Waals surface area contributed by atoms with Gasteiger partial charge in [0.25, 0.3) is 5.91 Å². The van der Waals surface area contributed by atoms with E-state index in [4.69, 9.17) is 4.74 Å². The van der Waals surface area contributed by atoms with E-state index in [-0.39, 0.29) is 5.91 Å². The number of rotatable bonds is 6. The van der Waals surface area contributed by atoms with Gasteiger partial charge in [0, 0.05) is 25.4 Å². The SMILES string of the molecule is CCCCN(CC)C(=O)c1ccc(OC)nc1. The summed E-state index contributed by atoms with van der Waals surface area (Å²) in [5.74, 6) is 0.564. The molecule has 0 aliphatic rings. The number of nitrogens with zero attached hydrogens (tertiary/aromatic N) is 2. The Labute approximate surface area is 103 Å². The number of ether oxygens (including phenoxy) is 1. The van der Waals surface area contributed by atoms with Crippen LogP contribution in [-0.2, 0) is 0 Å². The number of aromatic nitrogens is 1. The third-order valence-electron chi connectivity index (χ3n) is 2.64. The van der Waals surface area contributed by atoms with Crippen molar-refractivity contribution in [2.75, 3.05) is 20.2 Å². The third-order valence-corrected chi connectivity index (χ3v) is 2.64. The zero-order valence-electron chi connectivity index (χ0n) is 10.8. The quantitative estimate of drug-likeness (QED) is 0.761. The number of methoxy groups -OCH3 is 1. The van der Waals surface area contributed by atoms with Gasteiger partial charge in [-0.2, -0.15) is 0 Å². The minimum absolute atomic E-state index is 0.0381. The Morgan fingerprint density at radius 1 is 1.41 bits per heavy atom. The minimum Gasteiger partial charge on any atom is -0.481 e. The molecule has 1 heterocycles. The van der Waals surface area contributed by atoms with E-state index in [1.165, 1.54) is 0 Å². The maximum Gasteiger partial charge on any atom is 0.255 e. The second kappa shape index (κ2) is 6.89. The molecule has 0 aliphatic carbocycles. The number of carbonyl (C=O) groups is 1. The Hall–Kier alpha value is -1.58. The summed E-state index contributed by atoms with van der Waals surface area (Å²) < 4.78 is 4.96. The van der Waals surface area contributed by atoms with Crippen molar-refractivity contribution in [2.24, 2.45) is 0 Å². The topological polar surface area (TPSA) is 42.4 Å². The molecule has 4 heteroatoms. The van der Waals surface area contributed by atoms with Crippen LogP contribution in [0.25, 0.3) is 0 Å². The molecule has 1 aromatic rings. The average Bonchev–Trinajstić information content (AvgIpc) is 2.39. The summed E-state index contributed by atoms with van der Waals surface area (Å²) in [5.41, 5.74) is 0.615. The molecule has 0 saturated heterocycles. The van der Waals surface area contributed by atoms with E-state index in [1.54, 1.807) is 25.4 Å². The van der Waals surface area contributed by atoms with E-state index >= 15 is 0 Å². The molecule has 0 radical (unpaired) electrons. The van der Waals surface area contributed by atoms with Crippen LogP contribution in [0, 0.1) is 0 Å². The summed E-state index contributed by atoms with van der Waals surface area (Å²) in [7, 11) is 1.56. The molecule has 0 unspecified atom stereocenters. The van der Waals surface area contributed by atoms with Crippen LogP contribution in [0.3, 0.4) is 0 Å². The standard InChI is InChI=1S/C13H20N2O2/c1-4-6-9-15(5-2)13(16)11-7-8-12(17-3)14-10-11/h7-8,10H,4-6,9H2,1-3H3. The summed E-state index contributed by atoms with van der Waals surface area (Å²) in [4.78, 5) is 18.0. The largest absolute Gasteiger partial charge is 0.481 e. The summed E-state index contributed by atoms with van der Waals surface area (Å²) >= 11 is 0. The van der Waals surface area contributed by atoms with Gasteiger partial charge in [-0.1, -0.05) is 13.3 Å². The predicted molar refractivity (Wildman–Crippen MR) is 67.3 cm³/mol. The van der Waals surface area contributed by atoms with Crippen molar-refractivity contribution in [1.29, 1.82) is 0 Å². The fourth-order valence-electron chi connectivity index (χ4n) is 1.56. The lowest BCUT2D eigenvalue weighted by molar-refractivity contribution is 0.0762. The maximum absolute atomic E-state index is 12.1. The lowest BCUT2D eigenvalue weighted by Crippen LogP contribution is -2.31. The van der Waals surface area contributed by atoms with E-state index in [1.807, 2.05) is 11.8 Å². The first-order valence-electron chi connectivity index (χ1n) is 6.02. The van der Waals surface area contributed by atoms with Crippen LogP contribution in [0.4, 0.5) is 0 Å². The van der Waals surface area contributed by atoms with Crippen LogP contribution < -0.4 is 4.74 Å². The molecule has 0 fully saturated rings. The first-order valence-corrected chi connectivity index (χ1v) is 6.02. The summed E-state index contributed by atoms with van der Waals surface area (Å²) in [6.45, 7) is 5.64. The lowest BCUT2D eigenvalue weighted by Gasteiger charge is -2.20. The Bertz CT molecular complexity index is 349.